The first-order valence-corrected chi connectivity index (χ1v) is 7.35. The second kappa shape index (κ2) is 7.95. The summed E-state index contributed by atoms with van der Waals surface area (Å²) in [5.74, 6) is 0.367. The highest BCUT2D eigenvalue weighted by atomic mass is 16.6. The van der Waals surface area contributed by atoms with E-state index in [-0.39, 0.29) is 5.69 Å². The van der Waals surface area contributed by atoms with Gasteiger partial charge in [0.15, 0.2) is 5.75 Å². The molecule has 1 heterocycles. The lowest BCUT2D eigenvalue weighted by molar-refractivity contribution is -0.385. The lowest BCUT2D eigenvalue weighted by Gasteiger charge is -2.26. The molecule has 1 aromatic rings. The molecule has 1 aliphatic rings. The van der Waals surface area contributed by atoms with Gasteiger partial charge in [0.05, 0.1) is 24.7 Å². The molecule has 21 heavy (non-hydrogen) atoms. The Labute approximate surface area is 124 Å². The molecule has 0 bridgehead atoms. The topological polar surface area (TPSA) is 64.8 Å². The predicted octanol–water partition coefficient (Wildman–Crippen LogP) is 2.39. The Balaban J connectivity index is 1.73. The van der Waals surface area contributed by atoms with Gasteiger partial charge in [-0.2, -0.15) is 0 Å². The monoisotopic (exact) mass is 294 g/mol. The number of nitro benzene ring substituents is 1. The first kappa shape index (κ1) is 15.7. The molecule has 0 amide bonds. The number of nitrogens with zero attached hydrogens (tertiary/aromatic N) is 2. The fourth-order valence-electron chi connectivity index (χ4n) is 2.33. The van der Waals surface area contributed by atoms with Crippen molar-refractivity contribution in [2.24, 2.45) is 0 Å². The second-order valence-electron chi connectivity index (χ2n) is 5.24. The zero-order valence-electron chi connectivity index (χ0n) is 12.4. The summed E-state index contributed by atoms with van der Waals surface area (Å²) in [7, 11) is 0. The van der Waals surface area contributed by atoms with Gasteiger partial charge < -0.3 is 9.47 Å². The average Bonchev–Trinajstić information content (AvgIpc) is 2.48. The second-order valence-corrected chi connectivity index (χ2v) is 5.24. The van der Waals surface area contributed by atoms with E-state index < -0.39 is 4.92 Å². The van der Waals surface area contributed by atoms with Gasteiger partial charge >= 0.3 is 5.69 Å². The van der Waals surface area contributed by atoms with E-state index in [1.165, 1.54) is 6.07 Å². The first-order chi connectivity index (χ1) is 10.2. The molecule has 0 atom stereocenters. The van der Waals surface area contributed by atoms with Crippen molar-refractivity contribution < 1.29 is 14.4 Å². The highest BCUT2D eigenvalue weighted by Crippen LogP contribution is 2.27. The van der Waals surface area contributed by atoms with Crippen LogP contribution in [0.1, 0.15) is 18.4 Å². The average molecular weight is 294 g/mol. The summed E-state index contributed by atoms with van der Waals surface area (Å²) in [5.41, 5.74) is 0.998. The molecule has 6 nitrogen and oxygen atoms in total. The fourth-order valence-corrected chi connectivity index (χ4v) is 2.33. The van der Waals surface area contributed by atoms with Gasteiger partial charge in [0, 0.05) is 19.2 Å². The number of rotatable bonds is 7. The van der Waals surface area contributed by atoms with Crippen LogP contribution in [0.2, 0.25) is 0 Å². The molecule has 2 rings (SSSR count). The lowest BCUT2D eigenvalue weighted by atomic mass is 10.2. The van der Waals surface area contributed by atoms with Gasteiger partial charge in [-0.15, -0.1) is 0 Å². The molecule has 0 aliphatic carbocycles. The summed E-state index contributed by atoms with van der Waals surface area (Å²) < 4.78 is 10.9. The number of hydrogen-bond acceptors (Lipinski definition) is 5. The minimum Gasteiger partial charge on any atom is -0.487 e. The smallest absolute Gasteiger partial charge is 0.310 e. The van der Waals surface area contributed by atoms with Crippen LogP contribution in [0.25, 0.3) is 0 Å². The summed E-state index contributed by atoms with van der Waals surface area (Å²) in [6.07, 6.45) is 1.92. The molecule has 0 N–H and O–H groups in total. The van der Waals surface area contributed by atoms with E-state index in [9.17, 15) is 10.1 Å². The number of hydrogen-bond donors (Lipinski definition) is 0. The maximum Gasteiger partial charge on any atom is 0.310 e. The molecular formula is C15H22N2O4. The number of morpholine rings is 1. The first-order valence-electron chi connectivity index (χ1n) is 7.35. The largest absolute Gasteiger partial charge is 0.487 e. The maximum atomic E-state index is 10.9. The summed E-state index contributed by atoms with van der Waals surface area (Å²) in [6.45, 7) is 7.04. The Kier molecular flexibility index (Phi) is 5.95. The maximum absolute atomic E-state index is 10.9. The summed E-state index contributed by atoms with van der Waals surface area (Å²) in [6, 6.07) is 4.95. The van der Waals surface area contributed by atoms with Crippen molar-refractivity contribution in [1.29, 1.82) is 0 Å². The van der Waals surface area contributed by atoms with Crippen LogP contribution in [0, 0.1) is 17.0 Å². The number of nitro groups is 1. The predicted molar refractivity (Wildman–Crippen MR) is 79.8 cm³/mol. The van der Waals surface area contributed by atoms with Gasteiger partial charge in [-0.1, -0.05) is 6.07 Å². The van der Waals surface area contributed by atoms with Crippen LogP contribution >= 0.6 is 0 Å². The van der Waals surface area contributed by atoms with Crippen molar-refractivity contribution in [3.05, 3.63) is 33.9 Å². The molecule has 116 valence electrons. The van der Waals surface area contributed by atoms with Crippen LogP contribution in [0.5, 0.6) is 5.75 Å². The standard InChI is InChI=1S/C15H22N2O4/c1-13-4-5-14(17(18)19)15(12-13)21-9-3-2-6-16-7-10-20-11-8-16/h4-5,12H,2-3,6-11H2,1H3. The van der Waals surface area contributed by atoms with E-state index in [2.05, 4.69) is 4.90 Å². The van der Waals surface area contributed by atoms with E-state index in [4.69, 9.17) is 9.47 Å². The molecule has 0 saturated carbocycles. The Morgan fingerprint density at radius 3 is 2.81 bits per heavy atom. The molecule has 0 radical (unpaired) electrons. The van der Waals surface area contributed by atoms with Crippen molar-refractivity contribution >= 4 is 5.69 Å². The van der Waals surface area contributed by atoms with Crippen LogP contribution in [0.3, 0.4) is 0 Å². The SMILES string of the molecule is Cc1ccc([N+](=O)[O-])c(OCCCCN2CCOCC2)c1. The van der Waals surface area contributed by atoms with Gasteiger partial charge in [-0.05, 0) is 37.9 Å². The van der Waals surface area contributed by atoms with Crippen molar-refractivity contribution in [2.75, 3.05) is 39.5 Å². The number of aryl methyl sites for hydroxylation is 1. The van der Waals surface area contributed by atoms with Crippen LogP contribution in [-0.4, -0.2) is 49.3 Å². The van der Waals surface area contributed by atoms with Crippen molar-refractivity contribution in [3.8, 4) is 5.75 Å². The third-order valence-corrected chi connectivity index (χ3v) is 3.54. The Bertz CT molecular complexity index is 473. The van der Waals surface area contributed by atoms with Crippen LogP contribution < -0.4 is 4.74 Å². The fraction of sp³-hybridized carbons (Fsp3) is 0.600. The highest BCUT2D eigenvalue weighted by molar-refractivity contribution is 5.48. The van der Waals surface area contributed by atoms with Crippen molar-refractivity contribution in [1.82, 2.24) is 4.90 Å². The van der Waals surface area contributed by atoms with E-state index in [1.807, 2.05) is 6.92 Å². The summed E-state index contributed by atoms with van der Waals surface area (Å²) in [5, 5.41) is 10.9. The zero-order valence-corrected chi connectivity index (χ0v) is 12.4. The normalized spacial score (nSPS) is 15.9. The molecule has 1 aliphatic heterocycles. The molecule has 0 spiro atoms. The van der Waals surface area contributed by atoms with Crippen LogP contribution in [0.15, 0.2) is 18.2 Å². The van der Waals surface area contributed by atoms with Gasteiger partial charge in [0.25, 0.3) is 0 Å². The molecule has 1 aromatic carbocycles. The molecule has 0 aromatic heterocycles. The molecule has 1 saturated heterocycles. The van der Waals surface area contributed by atoms with Gasteiger partial charge in [0.2, 0.25) is 0 Å². The van der Waals surface area contributed by atoms with E-state index in [0.29, 0.717) is 12.4 Å². The number of unbranched alkanes of at least 4 members (excludes halogenated alkanes) is 1. The molecule has 0 unspecified atom stereocenters. The highest BCUT2D eigenvalue weighted by Gasteiger charge is 2.14. The van der Waals surface area contributed by atoms with Gasteiger partial charge in [0.1, 0.15) is 0 Å². The van der Waals surface area contributed by atoms with E-state index in [1.54, 1.807) is 12.1 Å². The zero-order chi connectivity index (χ0) is 15.1. The molecule has 6 heteroatoms. The number of benzene rings is 1. The van der Waals surface area contributed by atoms with Crippen molar-refractivity contribution in [2.45, 2.75) is 19.8 Å². The third-order valence-electron chi connectivity index (χ3n) is 3.54. The minimum atomic E-state index is -0.400. The van der Waals surface area contributed by atoms with E-state index in [0.717, 1.165) is 51.3 Å². The minimum absolute atomic E-state index is 0.0359. The molecule has 1 fully saturated rings. The van der Waals surface area contributed by atoms with Crippen LogP contribution in [0.4, 0.5) is 5.69 Å². The van der Waals surface area contributed by atoms with Gasteiger partial charge in [-0.25, -0.2) is 0 Å². The van der Waals surface area contributed by atoms with E-state index >= 15 is 0 Å². The Morgan fingerprint density at radius 2 is 2.10 bits per heavy atom. The number of ether oxygens (including phenoxy) is 2. The van der Waals surface area contributed by atoms with Gasteiger partial charge in [-0.3, -0.25) is 15.0 Å². The Morgan fingerprint density at radius 1 is 1.33 bits per heavy atom. The Hall–Kier alpha value is -1.66. The van der Waals surface area contributed by atoms with Crippen molar-refractivity contribution in [3.63, 3.8) is 0 Å². The van der Waals surface area contributed by atoms with Crippen LogP contribution in [-0.2, 0) is 4.74 Å². The third kappa shape index (κ3) is 4.99. The molecular weight excluding hydrogens is 272 g/mol. The lowest BCUT2D eigenvalue weighted by Crippen LogP contribution is -2.36. The summed E-state index contributed by atoms with van der Waals surface area (Å²) in [4.78, 5) is 12.9. The summed E-state index contributed by atoms with van der Waals surface area (Å²) >= 11 is 0. The quantitative estimate of drug-likeness (QED) is 0.439.